The van der Waals surface area contributed by atoms with E-state index < -0.39 is 22.7 Å². The Balaban J connectivity index is 1.64. The Morgan fingerprint density at radius 2 is 1.06 bits per heavy atom. The summed E-state index contributed by atoms with van der Waals surface area (Å²) < 4.78 is 0. The topological polar surface area (TPSA) is 54.5 Å². The smallest absolute Gasteiger partial charge is 0.239 e. The van der Waals surface area contributed by atoms with Crippen LogP contribution >= 0.6 is 11.6 Å². The molecule has 6 rings (SSSR count). The number of amides is 2. The molecule has 3 aromatic rings. The minimum atomic E-state index is -1.13. The monoisotopic (exact) mass is 467 g/mol. The van der Waals surface area contributed by atoms with Gasteiger partial charge in [-0.05, 0) is 48.3 Å². The molecule has 3 aliphatic rings. The van der Waals surface area contributed by atoms with Gasteiger partial charge in [-0.2, -0.15) is 0 Å². The molecule has 1 saturated heterocycles. The average Bonchev–Trinajstić information content (AvgIpc) is 3.30. The van der Waals surface area contributed by atoms with Crippen LogP contribution in [0.5, 0.6) is 0 Å². The number of hydrogen-bond acceptors (Lipinski definition) is 3. The molecule has 5 heteroatoms. The Kier molecular flexibility index (Phi) is 4.34. The van der Waals surface area contributed by atoms with Gasteiger partial charge in [0.05, 0.1) is 33.4 Å². The van der Waals surface area contributed by atoms with E-state index >= 15 is 0 Å². The first-order valence-electron chi connectivity index (χ1n) is 11.4. The van der Waals surface area contributed by atoms with Crippen LogP contribution in [0.15, 0.2) is 84.9 Å². The Hall–Kier alpha value is -3.50. The SMILES string of the molecule is C[C@@]12C(=O)[C@@](C)(C(c3ccccc3)=C1c1ccccc1)[C@H]1C(=O)N(c3ccccc3Cl)C(=O)[C@H]12. The van der Waals surface area contributed by atoms with E-state index in [4.69, 9.17) is 11.6 Å². The van der Waals surface area contributed by atoms with Crippen molar-refractivity contribution in [3.8, 4) is 0 Å². The molecule has 2 amide bonds. The Morgan fingerprint density at radius 1 is 0.647 bits per heavy atom. The summed E-state index contributed by atoms with van der Waals surface area (Å²) in [5.74, 6) is -2.34. The van der Waals surface area contributed by atoms with Crippen molar-refractivity contribution in [3.05, 3.63) is 101 Å². The molecular weight excluding hydrogens is 446 g/mol. The van der Waals surface area contributed by atoms with Crippen molar-refractivity contribution in [1.82, 2.24) is 0 Å². The number of nitrogens with zero attached hydrogens (tertiary/aromatic N) is 1. The number of allylic oxidation sites excluding steroid dienone is 2. The lowest BCUT2D eigenvalue weighted by atomic mass is 9.63. The fourth-order valence-electron chi connectivity index (χ4n) is 6.68. The Bertz CT molecular complexity index is 1330. The summed E-state index contributed by atoms with van der Waals surface area (Å²) in [4.78, 5) is 43.3. The lowest BCUT2D eigenvalue weighted by molar-refractivity contribution is -0.133. The highest BCUT2D eigenvalue weighted by atomic mass is 35.5. The number of Topliss-reactive ketones (excluding diaryl/α,β-unsaturated/α-hetero) is 1. The van der Waals surface area contributed by atoms with Crippen LogP contribution in [0, 0.1) is 22.7 Å². The van der Waals surface area contributed by atoms with Crippen LogP contribution in [0.25, 0.3) is 11.1 Å². The molecule has 34 heavy (non-hydrogen) atoms. The summed E-state index contributed by atoms with van der Waals surface area (Å²) in [6.45, 7) is 3.69. The van der Waals surface area contributed by atoms with E-state index in [1.807, 2.05) is 74.5 Å². The number of hydrogen-bond donors (Lipinski definition) is 0. The summed E-state index contributed by atoms with van der Waals surface area (Å²) in [5, 5.41) is 0.331. The van der Waals surface area contributed by atoms with Crippen molar-refractivity contribution in [3.63, 3.8) is 0 Å². The molecule has 4 atom stereocenters. The zero-order valence-electron chi connectivity index (χ0n) is 18.8. The highest BCUT2D eigenvalue weighted by Crippen LogP contribution is 2.73. The second kappa shape index (κ2) is 7.00. The maximum absolute atomic E-state index is 14.2. The normalized spacial score (nSPS) is 29.9. The fraction of sp³-hybridized carbons (Fsp3) is 0.207. The quantitative estimate of drug-likeness (QED) is 0.466. The van der Waals surface area contributed by atoms with Crippen LogP contribution in [0.2, 0.25) is 5.02 Å². The van der Waals surface area contributed by atoms with Gasteiger partial charge < -0.3 is 0 Å². The number of benzene rings is 3. The molecule has 2 bridgehead atoms. The molecule has 2 fully saturated rings. The van der Waals surface area contributed by atoms with Gasteiger partial charge in [0.15, 0.2) is 5.78 Å². The maximum atomic E-state index is 14.2. The van der Waals surface area contributed by atoms with E-state index in [0.29, 0.717) is 10.7 Å². The number of para-hydroxylation sites is 1. The minimum absolute atomic E-state index is 0.0618. The third-order valence-corrected chi connectivity index (χ3v) is 8.32. The van der Waals surface area contributed by atoms with Gasteiger partial charge in [-0.25, -0.2) is 4.90 Å². The number of halogens is 1. The number of ketones is 1. The summed E-state index contributed by atoms with van der Waals surface area (Å²) in [6, 6.07) is 26.3. The van der Waals surface area contributed by atoms with E-state index in [9.17, 15) is 14.4 Å². The molecule has 0 N–H and O–H groups in total. The average molecular weight is 468 g/mol. The van der Waals surface area contributed by atoms with Crippen molar-refractivity contribution in [2.24, 2.45) is 22.7 Å². The first-order chi connectivity index (χ1) is 16.3. The zero-order valence-corrected chi connectivity index (χ0v) is 19.5. The van der Waals surface area contributed by atoms with E-state index in [1.165, 1.54) is 4.90 Å². The molecular formula is C29H22ClNO3. The largest absolute Gasteiger partial charge is 0.298 e. The molecule has 0 spiro atoms. The minimum Gasteiger partial charge on any atom is -0.298 e. The van der Waals surface area contributed by atoms with Crippen LogP contribution in [-0.2, 0) is 14.4 Å². The van der Waals surface area contributed by atoms with Gasteiger partial charge in [0.2, 0.25) is 11.8 Å². The molecule has 4 nitrogen and oxygen atoms in total. The number of carbonyl (C=O) groups is 3. The van der Waals surface area contributed by atoms with E-state index in [0.717, 1.165) is 22.3 Å². The lowest BCUT2D eigenvalue weighted by Gasteiger charge is -2.35. The predicted molar refractivity (Wildman–Crippen MR) is 132 cm³/mol. The molecule has 1 aliphatic heterocycles. The fourth-order valence-corrected chi connectivity index (χ4v) is 6.90. The van der Waals surface area contributed by atoms with Crippen LogP contribution < -0.4 is 4.90 Å². The number of rotatable bonds is 3. The van der Waals surface area contributed by atoms with Crippen molar-refractivity contribution in [1.29, 1.82) is 0 Å². The first kappa shape index (κ1) is 21.1. The lowest BCUT2D eigenvalue weighted by Crippen LogP contribution is -2.40. The molecule has 1 heterocycles. The Labute approximate surface area is 202 Å². The van der Waals surface area contributed by atoms with Gasteiger partial charge in [0.1, 0.15) is 0 Å². The second-order valence-electron chi connectivity index (χ2n) is 9.63. The van der Waals surface area contributed by atoms with E-state index in [2.05, 4.69) is 0 Å². The van der Waals surface area contributed by atoms with E-state index in [1.54, 1.807) is 24.3 Å². The van der Waals surface area contributed by atoms with Gasteiger partial charge in [-0.15, -0.1) is 0 Å². The third kappa shape index (κ3) is 2.36. The van der Waals surface area contributed by atoms with Crippen molar-refractivity contribution < 1.29 is 14.4 Å². The number of carbonyl (C=O) groups excluding carboxylic acids is 3. The van der Waals surface area contributed by atoms with Gasteiger partial charge in [-0.3, -0.25) is 14.4 Å². The number of anilines is 1. The molecule has 0 aromatic heterocycles. The summed E-state index contributed by atoms with van der Waals surface area (Å²) in [5.41, 5.74) is 1.59. The van der Waals surface area contributed by atoms with Crippen LogP contribution in [0.4, 0.5) is 5.69 Å². The van der Waals surface area contributed by atoms with Crippen molar-refractivity contribution in [2.45, 2.75) is 13.8 Å². The van der Waals surface area contributed by atoms with Gasteiger partial charge in [0, 0.05) is 0 Å². The van der Waals surface area contributed by atoms with Crippen LogP contribution in [-0.4, -0.2) is 17.6 Å². The highest BCUT2D eigenvalue weighted by molar-refractivity contribution is 6.38. The molecule has 1 saturated carbocycles. The standard InChI is InChI=1S/C29H22ClNO3/c1-28-21(17-11-5-3-6-12-17)22(18-13-7-4-8-14-18)29(2,27(28)34)24-23(28)25(32)31(26(24)33)20-16-10-9-15-19(20)30/h3-16,23-24H,1-2H3/t23-,24+,28+,29-. The Morgan fingerprint density at radius 3 is 1.50 bits per heavy atom. The van der Waals surface area contributed by atoms with Gasteiger partial charge in [0.25, 0.3) is 0 Å². The molecule has 168 valence electrons. The van der Waals surface area contributed by atoms with Crippen molar-refractivity contribution >= 4 is 46.0 Å². The van der Waals surface area contributed by atoms with Crippen LogP contribution in [0.1, 0.15) is 25.0 Å². The summed E-state index contributed by atoms with van der Waals surface area (Å²) in [7, 11) is 0. The maximum Gasteiger partial charge on any atom is 0.239 e. The molecule has 0 unspecified atom stereocenters. The van der Waals surface area contributed by atoms with Crippen LogP contribution in [0.3, 0.4) is 0 Å². The molecule has 2 aliphatic carbocycles. The predicted octanol–water partition coefficient (Wildman–Crippen LogP) is 5.67. The zero-order chi connectivity index (χ0) is 23.8. The van der Waals surface area contributed by atoms with E-state index in [-0.39, 0.29) is 17.6 Å². The second-order valence-corrected chi connectivity index (χ2v) is 10.0. The van der Waals surface area contributed by atoms with Crippen molar-refractivity contribution in [2.75, 3.05) is 4.90 Å². The highest BCUT2D eigenvalue weighted by Gasteiger charge is 2.79. The summed E-state index contributed by atoms with van der Waals surface area (Å²) in [6.07, 6.45) is 0. The summed E-state index contributed by atoms with van der Waals surface area (Å²) >= 11 is 6.40. The van der Waals surface area contributed by atoms with Gasteiger partial charge >= 0.3 is 0 Å². The number of imide groups is 1. The third-order valence-electron chi connectivity index (χ3n) is 8.00. The molecule has 3 aromatic carbocycles. The first-order valence-corrected chi connectivity index (χ1v) is 11.7. The number of fused-ring (bicyclic) bond motifs is 5. The molecule has 0 radical (unpaired) electrons. The van der Waals surface area contributed by atoms with Gasteiger partial charge in [-0.1, -0.05) is 84.4 Å².